The van der Waals surface area contributed by atoms with Crippen LogP contribution < -0.4 is 9.47 Å². The Balaban J connectivity index is 1.32. The second-order valence-corrected chi connectivity index (χ2v) is 12.4. The summed E-state index contributed by atoms with van der Waals surface area (Å²) in [6.45, 7) is 6.19. The molecule has 0 spiro atoms. The van der Waals surface area contributed by atoms with Gasteiger partial charge in [-0.05, 0) is 73.2 Å². The quantitative estimate of drug-likeness (QED) is 0.0920. The number of unbranched alkanes of at least 4 members (excludes halogenated alkanes) is 18. The molecule has 0 saturated heterocycles. The lowest BCUT2D eigenvalue weighted by Gasteiger charge is -2.14. The van der Waals surface area contributed by atoms with Crippen LogP contribution in [-0.2, 0) is 12.8 Å². The first-order chi connectivity index (χ1) is 20.8. The summed E-state index contributed by atoms with van der Waals surface area (Å²) >= 11 is 0. The van der Waals surface area contributed by atoms with Gasteiger partial charge >= 0.3 is 0 Å². The smallest absolute Gasteiger partial charge is 0.119 e. The van der Waals surface area contributed by atoms with Gasteiger partial charge in [-0.25, -0.2) is 0 Å². The van der Waals surface area contributed by atoms with Gasteiger partial charge in [-0.3, -0.25) is 0 Å². The van der Waals surface area contributed by atoms with Crippen molar-refractivity contribution in [2.24, 2.45) is 0 Å². The highest BCUT2D eigenvalue weighted by Gasteiger charge is 2.11. The van der Waals surface area contributed by atoms with E-state index < -0.39 is 0 Å². The van der Waals surface area contributed by atoms with Crippen molar-refractivity contribution in [2.75, 3.05) is 13.2 Å². The van der Waals surface area contributed by atoms with Gasteiger partial charge in [0.2, 0.25) is 0 Å². The largest absolute Gasteiger partial charge is 0.494 e. The highest BCUT2D eigenvalue weighted by atomic mass is 16.5. The average Bonchev–Trinajstić information content (AvgIpc) is 3.00. The van der Waals surface area contributed by atoms with Crippen LogP contribution in [-0.4, -0.2) is 13.2 Å². The lowest BCUT2D eigenvalue weighted by molar-refractivity contribution is 0.303. The Morgan fingerprint density at radius 1 is 0.452 bits per heavy atom. The van der Waals surface area contributed by atoms with E-state index >= 15 is 0 Å². The van der Waals surface area contributed by atoms with Gasteiger partial charge in [-0.1, -0.05) is 141 Å². The highest BCUT2D eigenvalue weighted by Crippen LogP contribution is 2.25. The normalized spacial score (nSPS) is 12.0. The van der Waals surface area contributed by atoms with Crippen LogP contribution in [0.4, 0.5) is 0 Å². The predicted molar refractivity (Wildman–Crippen MR) is 181 cm³/mol. The van der Waals surface area contributed by atoms with Crippen molar-refractivity contribution >= 4 is 0 Å². The maximum atomic E-state index is 6.14. The predicted octanol–water partition coefficient (Wildman–Crippen LogP) is 11.8. The Morgan fingerprint density at radius 3 is 1.14 bits per heavy atom. The van der Waals surface area contributed by atoms with Crippen molar-refractivity contribution in [3.8, 4) is 23.3 Å². The fourth-order valence-electron chi connectivity index (χ4n) is 5.94. The molecule has 3 rings (SSSR count). The number of aryl methyl sites for hydroxylation is 2. The Labute approximate surface area is 259 Å². The van der Waals surface area contributed by atoms with Crippen molar-refractivity contribution in [2.45, 2.75) is 155 Å². The number of ether oxygens (including phenoxy) is 2. The van der Waals surface area contributed by atoms with Crippen LogP contribution in [0.25, 0.3) is 0 Å². The fraction of sp³-hybridized carbons (Fsp3) is 0.650. The van der Waals surface area contributed by atoms with Crippen LogP contribution >= 0.6 is 0 Å². The Hall–Kier alpha value is -2.40. The summed E-state index contributed by atoms with van der Waals surface area (Å²) in [5.74, 6) is 8.82. The summed E-state index contributed by atoms with van der Waals surface area (Å²) in [4.78, 5) is 0. The summed E-state index contributed by atoms with van der Waals surface area (Å²) in [5.41, 5.74) is 4.86. The van der Waals surface area contributed by atoms with Crippen LogP contribution in [0.2, 0.25) is 0 Å². The summed E-state index contributed by atoms with van der Waals surface area (Å²) in [7, 11) is 0. The molecule has 42 heavy (non-hydrogen) atoms. The second kappa shape index (κ2) is 22.2. The van der Waals surface area contributed by atoms with Crippen molar-refractivity contribution in [3.05, 3.63) is 58.7 Å². The summed E-state index contributed by atoms with van der Waals surface area (Å²) in [6, 6.07) is 12.9. The average molecular weight is 573 g/mol. The number of hydrogen-bond acceptors (Lipinski definition) is 2. The first-order valence-corrected chi connectivity index (χ1v) is 17.8. The van der Waals surface area contributed by atoms with E-state index in [-0.39, 0.29) is 0 Å². The van der Waals surface area contributed by atoms with Crippen molar-refractivity contribution in [1.82, 2.24) is 0 Å². The molecule has 0 radical (unpaired) electrons. The lowest BCUT2D eigenvalue weighted by Crippen LogP contribution is -2.03. The van der Waals surface area contributed by atoms with E-state index in [1.54, 1.807) is 0 Å². The minimum Gasteiger partial charge on any atom is -0.494 e. The maximum Gasteiger partial charge on any atom is 0.119 e. The van der Waals surface area contributed by atoms with E-state index in [0.29, 0.717) is 0 Å². The second-order valence-electron chi connectivity index (χ2n) is 12.4. The third kappa shape index (κ3) is 14.2. The molecule has 0 amide bonds. The molecular weight excluding hydrogens is 512 g/mol. The van der Waals surface area contributed by atoms with Crippen molar-refractivity contribution in [3.63, 3.8) is 0 Å². The lowest BCUT2D eigenvalue weighted by atomic mass is 9.94. The molecule has 0 fully saturated rings. The SMILES string of the molecule is CCCCCCCCCCCCOc1ccc2c(c1)CCc1cc(OCCCCCCCCCCCC)ccc1C#C2. The molecule has 0 saturated carbocycles. The number of hydrogen-bond donors (Lipinski definition) is 0. The molecule has 2 aromatic rings. The topological polar surface area (TPSA) is 18.5 Å². The standard InChI is InChI=1S/C40H60O2/c1-3-5-7-9-11-13-15-17-19-21-31-41-39-29-27-35-23-24-36-28-30-40(34-38(36)26-25-37(35)33-39)42-32-22-20-18-16-14-12-10-8-6-4-2/h27-30,33-34H,3-22,25-26,31-32H2,1-2H3. The van der Waals surface area contributed by atoms with Crippen LogP contribution in [0, 0.1) is 11.8 Å². The molecule has 0 heterocycles. The van der Waals surface area contributed by atoms with E-state index in [9.17, 15) is 0 Å². The van der Waals surface area contributed by atoms with Crippen molar-refractivity contribution < 1.29 is 9.47 Å². The van der Waals surface area contributed by atoms with Gasteiger partial charge in [0, 0.05) is 11.1 Å². The van der Waals surface area contributed by atoms with Crippen LogP contribution in [0.1, 0.15) is 165 Å². The highest BCUT2D eigenvalue weighted by molar-refractivity contribution is 5.54. The maximum absolute atomic E-state index is 6.14. The van der Waals surface area contributed by atoms with Gasteiger partial charge in [0.05, 0.1) is 13.2 Å². The molecular formula is C40H60O2. The molecule has 0 atom stereocenters. The molecule has 1 aliphatic rings. The number of fused-ring (bicyclic) bond motifs is 2. The minimum absolute atomic E-state index is 0.809. The summed E-state index contributed by atoms with van der Waals surface area (Å²) < 4.78 is 12.3. The summed E-state index contributed by atoms with van der Waals surface area (Å²) in [5, 5.41) is 0. The minimum atomic E-state index is 0.809. The van der Waals surface area contributed by atoms with E-state index in [0.717, 1.165) is 61.5 Å². The molecule has 2 nitrogen and oxygen atoms in total. The first kappa shape index (κ1) is 34.1. The molecule has 0 unspecified atom stereocenters. The van der Waals surface area contributed by atoms with Crippen molar-refractivity contribution in [1.29, 1.82) is 0 Å². The molecule has 0 aliphatic heterocycles. The third-order valence-corrected chi connectivity index (χ3v) is 8.68. The van der Waals surface area contributed by atoms with Gasteiger partial charge in [-0.2, -0.15) is 0 Å². The van der Waals surface area contributed by atoms with E-state index in [1.807, 2.05) is 0 Å². The molecule has 0 bridgehead atoms. The number of benzene rings is 2. The van der Waals surface area contributed by atoms with Crippen LogP contribution in [0.5, 0.6) is 11.5 Å². The van der Waals surface area contributed by atoms with E-state index in [1.165, 1.54) is 127 Å². The van der Waals surface area contributed by atoms with E-state index in [2.05, 4.69) is 62.1 Å². The third-order valence-electron chi connectivity index (χ3n) is 8.68. The molecule has 2 aromatic carbocycles. The molecule has 232 valence electrons. The monoisotopic (exact) mass is 572 g/mol. The van der Waals surface area contributed by atoms with Gasteiger partial charge in [0.1, 0.15) is 11.5 Å². The Morgan fingerprint density at radius 2 is 0.786 bits per heavy atom. The zero-order valence-electron chi connectivity index (χ0n) is 27.3. The zero-order valence-corrected chi connectivity index (χ0v) is 27.3. The van der Waals surface area contributed by atoms with Gasteiger partial charge in [-0.15, -0.1) is 0 Å². The first-order valence-electron chi connectivity index (χ1n) is 17.8. The molecule has 2 heteroatoms. The summed E-state index contributed by atoms with van der Waals surface area (Å²) in [6.07, 6.45) is 28.9. The van der Waals surface area contributed by atoms with Crippen LogP contribution in [0.15, 0.2) is 36.4 Å². The molecule has 0 aromatic heterocycles. The zero-order chi connectivity index (χ0) is 29.5. The Kier molecular flexibility index (Phi) is 18.0. The van der Waals surface area contributed by atoms with Gasteiger partial charge < -0.3 is 9.47 Å². The van der Waals surface area contributed by atoms with E-state index in [4.69, 9.17) is 9.47 Å². The molecule has 1 aliphatic carbocycles. The number of rotatable bonds is 24. The van der Waals surface area contributed by atoms with Crippen LogP contribution in [0.3, 0.4) is 0 Å². The van der Waals surface area contributed by atoms with Gasteiger partial charge in [0.15, 0.2) is 0 Å². The molecule has 0 N–H and O–H groups in total. The Bertz CT molecular complexity index is 962. The fourth-order valence-corrected chi connectivity index (χ4v) is 5.94. The van der Waals surface area contributed by atoms with Gasteiger partial charge in [0.25, 0.3) is 0 Å².